The van der Waals surface area contributed by atoms with Gasteiger partial charge in [-0.15, -0.1) is 0 Å². The average Bonchev–Trinajstić information content (AvgIpc) is 2.24. The molecule has 0 aliphatic heterocycles. The molecular formula is C10H21N3O2. The topological polar surface area (TPSA) is 75.4 Å². The van der Waals surface area contributed by atoms with E-state index in [0.29, 0.717) is 25.9 Å². The number of nitrogens with zero attached hydrogens (tertiary/aromatic N) is 1. The number of hydrogen-bond acceptors (Lipinski definition) is 3. The molecule has 1 unspecified atom stereocenters. The van der Waals surface area contributed by atoms with Crippen molar-refractivity contribution in [1.82, 2.24) is 10.2 Å². The second-order valence-corrected chi connectivity index (χ2v) is 3.78. The Bertz CT molecular complexity index is 219. The Morgan fingerprint density at radius 2 is 2.07 bits per heavy atom. The molecule has 15 heavy (non-hydrogen) atoms. The number of nitrogens with one attached hydrogen (secondary N) is 1. The van der Waals surface area contributed by atoms with Gasteiger partial charge in [0.15, 0.2) is 0 Å². The van der Waals surface area contributed by atoms with Crippen molar-refractivity contribution in [3.8, 4) is 0 Å². The first-order valence-corrected chi connectivity index (χ1v) is 5.15. The summed E-state index contributed by atoms with van der Waals surface area (Å²) in [6.07, 6.45) is 0.788. The van der Waals surface area contributed by atoms with Crippen molar-refractivity contribution in [2.24, 2.45) is 11.7 Å². The fourth-order valence-corrected chi connectivity index (χ4v) is 1.06. The number of rotatable bonds is 6. The summed E-state index contributed by atoms with van der Waals surface area (Å²) in [6, 6.07) is 0. The van der Waals surface area contributed by atoms with Gasteiger partial charge >= 0.3 is 0 Å². The van der Waals surface area contributed by atoms with Crippen LogP contribution in [0, 0.1) is 5.92 Å². The lowest BCUT2D eigenvalue weighted by atomic mass is 10.1. The SMILES string of the molecule is CNC(=O)CCN(C)C(=O)CC(C)CN. The Hall–Kier alpha value is -1.10. The summed E-state index contributed by atoms with van der Waals surface area (Å²) >= 11 is 0. The molecule has 0 rings (SSSR count). The Balaban J connectivity index is 3.83. The molecule has 0 bridgehead atoms. The van der Waals surface area contributed by atoms with E-state index in [2.05, 4.69) is 5.32 Å². The molecular weight excluding hydrogens is 194 g/mol. The van der Waals surface area contributed by atoms with Crippen LogP contribution in [0.4, 0.5) is 0 Å². The molecule has 2 amide bonds. The smallest absolute Gasteiger partial charge is 0.222 e. The third-order valence-electron chi connectivity index (χ3n) is 2.30. The van der Waals surface area contributed by atoms with Crippen LogP contribution in [0.25, 0.3) is 0 Å². The number of amides is 2. The minimum atomic E-state index is -0.0541. The van der Waals surface area contributed by atoms with Gasteiger partial charge in [0.2, 0.25) is 11.8 Å². The van der Waals surface area contributed by atoms with Crippen LogP contribution in [-0.2, 0) is 9.59 Å². The summed E-state index contributed by atoms with van der Waals surface area (Å²) < 4.78 is 0. The molecule has 5 nitrogen and oxygen atoms in total. The van der Waals surface area contributed by atoms with Crippen molar-refractivity contribution in [1.29, 1.82) is 0 Å². The fraction of sp³-hybridized carbons (Fsp3) is 0.800. The lowest BCUT2D eigenvalue weighted by Crippen LogP contribution is -2.33. The maximum atomic E-state index is 11.6. The molecule has 0 saturated heterocycles. The molecule has 0 spiro atoms. The van der Waals surface area contributed by atoms with Crippen LogP contribution in [0.1, 0.15) is 19.8 Å². The van der Waals surface area contributed by atoms with Gasteiger partial charge in [0.05, 0.1) is 0 Å². The number of hydrogen-bond donors (Lipinski definition) is 2. The predicted octanol–water partition coefficient (Wildman–Crippen LogP) is -0.434. The molecule has 0 fully saturated rings. The standard InChI is InChI=1S/C10H21N3O2/c1-8(7-11)6-10(15)13(3)5-4-9(14)12-2/h8H,4-7,11H2,1-3H3,(H,12,14). The maximum absolute atomic E-state index is 11.6. The quantitative estimate of drug-likeness (QED) is 0.631. The molecule has 0 aliphatic rings. The maximum Gasteiger partial charge on any atom is 0.222 e. The molecule has 0 aromatic carbocycles. The van der Waals surface area contributed by atoms with E-state index in [-0.39, 0.29) is 17.7 Å². The molecule has 0 radical (unpaired) electrons. The van der Waals surface area contributed by atoms with Crippen LogP contribution in [0.5, 0.6) is 0 Å². The summed E-state index contributed by atoms with van der Waals surface area (Å²) in [5.74, 6) is 0.179. The summed E-state index contributed by atoms with van der Waals surface area (Å²) in [7, 11) is 3.29. The molecule has 0 saturated carbocycles. The van der Waals surface area contributed by atoms with Crippen molar-refractivity contribution >= 4 is 11.8 Å². The molecule has 0 aromatic heterocycles. The Morgan fingerprint density at radius 3 is 2.53 bits per heavy atom. The van der Waals surface area contributed by atoms with Crippen molar-refractivity contribution in [2.75, 3.05) is 27.2 Å². The highest BCUT2D eigenvalue weighted by atomic mass is 16.2. The van der Waals surface area contributed by atoms with E-state index in [4.69, 9.17) is 5.73 Å². The Labute approximate surface area is 91.0 Å². The second kappa shape index (κ2) is 7.23. The van der Waals surface area contributed by atoms with Crippen LogP contribution in [-0.4, -0.2) is 43.9 Å². The lowest BCUT2D eigenvalue weighted by molar-refractivity contribution is -0.131. The van der Waals surface area contributed by atoms with Crippen LogP contribution in [0.15, 0.2) is 0 Å². The van der Waals surface area contributed by atoms with E-state index in [1.165, 1.54) is 0 Å². The molecule has 5 heteroatoms. The van der Waals surface area contributed by atoms with Gasteiger partial charge in [-0.2, -0.15) is 0 Å². The highest BCUT2D eigenvalue weighted by molar-refractivity contribution is 5.78. The first-order chi connectivity index (χ1) is 7.01. The molecule has 88 valence electrons. The zero-order valence-corrected chi connectivity index (χ0v) is 9.75. The van der Waals surface area contributed by atoms with Gasteiger partial charge in [0.1, 0.15) is 0 Å². The van der Waals surface area contributed by atoms with E-state index in [9.17, 15) is 9.59 Å². The van der Waals surface area contributed by atoms with Gasteiger partial charge in [-0.3, -0.25) is 9.59 Å². The van der Waals surface area contributed by atoms with Gasteiger partial charge in [-0.1, -0.05) is 6.92 Å². The van der Waals surface area contributed by atoms with E-state index in [0.717, 1.165) is 0 Å². The van der Waals surface area contributed by atoms with Crippen LogP contribution in [0.3, 0.4) is 0 Å². The molecule has 1 atom stereocenters. The van der Waals surface area contributed by atoms with Crippen molar-refractivity contribution in [2.45, 2.75) is 19.8 Å². The van der Waals surface area contributed by atoms with Gasteiger partial charge < -0.3 is 16.0 Å². The normalized spacial score (nSPS) is 12.0. The molecule has 0 aromatic rings. The highest BCUT2D eigenvalue weighted by Gasteiger charge is 2.12. The number of nitrogens with two attached hydrogens (primary N) is 1. The monoisotopic (exact) mass is 215 g/mol. The van der Waals surface area contributed by atoms with E-state index in [1.54, 1.807) is 19.0 Å². The number of carbonyl (C=O) groups is 2. The second-order valence-electron chi connectivity index (χ2n) is 3.78. The fourth-order valence-electron chi connectivity index (χ4n) is 1.06. The molecule has 0 heterocycles. The largest absolute Gasteiger partial charge is 0.359 e. The summed E-state index contributed by atoms with van der Waals surface area (Å²) in [5, 5.41) is 2.51. The van der Waals surface area contributed by atoms with Gasteiger partial charge in [0, 0.05) is 33.5 Å². The third-order valence-corrected chi connectivity index (χ3v) is 2.30. The van der Waals surface area contributed by atoms with Crippen LogP contribution < -0.4 is 11.1 Å². The van der Waals surface area contributed by atoms with E-state index < -0.39 is 0 Å². The third kappa shape index (κ3) is 6.06. The zero-order valence-electron chi connectivity index (χ0n) is 9.75. The summed E-state index contributed by atoms with van der Waals surface area (Å²) in [4.78, 5) is 24.1. The van der Waals surface area contributed by atoms with E-state index >= 15 is 0 Å². The first kappa shape index (κ1) is 13.9. The van der Waals surface area contributed by atoms with E-state index in [1.807, 2.05) is 6.92 Å². The van der Waals surface area contributed by atoms with Gasteiger partial charge in [-0.05, 0) is 12.5 Å². The lowest BCUT2D eigenvalue weighted by Gasteiger charge is -2.18. The molecule has 3 N–H and O–H groups in total. The summed E-state index contributed by atoms with van der Waals surface area (Å²) in [6.45, 7) is 2.90. The average molecular weight is 215 g/mol. The van der Waals surface area contributed by atoms with Crippen molar-refractivity contribution in [3.05, 3.63) is 0 Å². The van der Waals surface area contributed by atoms with Crippen LogP contribution in [0.2, 0.25) is 0 Å². The van der Waals surface area contributed by atoms with Gasteiger partial charge in [0.25, 0.3) is 0 Å². The first-order valence-electron chi connectivity index (χ1n) is 5.15. The minimum Gasteiger partial charge on any atom is -0.359 e. The highest BCUT2D eigenvalue weighted by Crippen LogP contribution is 2.02. The zero-order chi connectivity index (χ0) is 11.8. The van der Waals surface area contributed by atoms with Crippen LogP contribution >= 0.6 is 0 Å². The van der Waals surface area contributed by atoms with Crippen molar-refractivity contribution in [3.63, 3.8) is 0 Å². The van der Waals surface area contributed by atoms with Gasteiger partial charge in [-0.25, -0.2) is 0 Å². The molecule has 0 aliphatic carbocycles. The number of carbonyl (C=O) groups excluding carboxylic acids is 2. The minimum absolute atomic E-state index is 0.0388. The predicted molar refractivity (Wildman–Crippen MR) is 59.2 cm³/mol. The summed E-state index contributed by atoms with van der Waals surface area (Å²) in [5.41, 5.74) is 5.43. The van der Waals surface area contributed by atoms with Crippen molar-refractivity contribution < 1.29 is 9.59 Å². The Morgan fingerprint density at radius 1 is 1.47 bits per heavy atom. The Kier molecular flexibility index (Phi) is 6.70.